The lowest BCUT2D eigenvalue weighted by Crippen LogP contribution is -2.52. The molecule has 1 aliphatic heterocycles. The van der Waals surface area contributed by atoms with Crippen LogP contribution in [-0.2, 0) is 16.0 Å². The summed E-state index contributed by atoms with van der Waals surface area (Å²) in [4.78, 5) is 24.3. The number of carbonyl (C=O) groups excluding carboxylic acids is 1. The van der Waals surface area contributed by atoms with Gasteiger partial charge in [-0.15, -0.1) is 0 Å². The highest BCUT2D eigenvalue weighted by molar-refractivity contribution is 5.85. The molecular formula is C15H19NO5. The summed E-state index contributed by atoms with van der Waals surface area (Å²) in [6.45, 7) is 3.13. The summed E-state index contributed by atoms with van der Waals surface area (Å²) >= 11 is 0. The van der Waals surface area contributed by atoms with Crippen molar-refractivity contribution < 1.29 is 24.2 Å². The molecule has 2 rings (SSSR count). The van der Waals surface area contributed by atoms with E-state index in [9.17, 15) is 14.7 Å². The van der Waals surface area contributed by atoms with Crippen molar-refractivity contribution in [2.75, 3.05) is 13.8 Å². The van der Waals surface area contributed by atoms with Crippen molar-refractivity contribution in [3.63, 3.8) is 0 Å². The Labute approximate surface area is 123 Å². The largest absolute Gasteiger partial charge is 0.480 e. The molecule has 0 radical (unpaired) electrons. The van der Waals surface area contributed by atoms with Gasteiger partial charge in [0, 0.05) is 14.0 Å². The van der Waals surface area contributed by atoms with Crippen LogP contribution in [0.25, 0.3) is 0 Å². The summed E-state index contributed by atoms with van der Waals surface area (Å²) in [6, 6.07) is 5.53. The number of ether oxygens (including phenoxy) is 2. The van der Waals surface area contributed by atoms with E-state index in [2.05, 4.69) is 0 Å². The van der Waals surface area contributed by atoms with Crippen LogP contribution in [-0.4, -0.2) is 41.3 Å². The number of carboxylic acids is 1. The number of aryl methyl sites for hydroxylation is 1. The van der Waals surface area contributed by atoms with Gasteiger partial charge < -0.3 is 19.5 Å². The van der Waals surface area contributed by atoms with E-state index in [1.54, 1.807) is 6.92 Å². The van der Waals surface area contributed by atoms with Crippen LogP contribution in [0.1, 0.15) is 25.8 Å². The van der Waals surface area contributed by atoms with E-state index in [4.69, 9.17) is 9.47 Å². The number of hydrogen-bond donors (Lipinski definition) is 1. The maximum atomic E-state index is 11.5. The number of nitrogens with zero attached hydrogens (tertiary/aromatic N) is 1. The Morgan fingerprint density at radius 2 is 2.00 bits per heavy atom. The molecule has 0 spiro atoms. The average molecular weight is 293 g/mol. The third-order valence-corrected chi connectivity index (χ3v) is 4.01. The zero-order valence-corrected chi connectivity index (χ0v) is 12.4. The number of hydrogen-bond acceptors (Lipinski definition) is 4. The minimum absolute atomic E-state index is 0.207. The number of benzene rings is 1. The van der Waals surface area contributed by atoms with Gasteiger partial charge in [-0.05, 0) is 37.5 Å². The van der Waals surface area contributed by atoms with Crippen LogP contribution in [0.4, 0.5) is 0 Å². The predicted octanol–water partition coefficient (Wildman–Crippen LogP) is 1.67. The number of carboxylic acid groups (broad SMARTS) is 1. The van der Waals surface area contributed by atoms with E-state index >= 15 is 0 Å². The highest BCUT2D eigenvalue weighted by Gasteiger charge is 2.38. The van der Waals surface area contributed by atoms with Crippen molar-refractivity contribution in [1.29, 1.82) is 0 Å². The van der Waals surface area contributed by atoms with Crippen molar-refractivity contribution in [3.8, 4) is 11.5 Å². The lowest BCUT2D eigenvalue weighted by Gasteiger charge is -2.34. The zero-order valence-electron chi connectivity index (χ0n) is 12.4. The van der Waals surface area contributed by atoms with Gasteiger partial charge in [0.15, 0.2) is 11.5 Å². The normalized spacial score (nSPS) is 15.4. The molecule has 1 unspecified atom stereocenters. The van der Waals surface area contributed by atoms with Gasteiger partial charge in [0.05, 0.1) is 0 Å². The minimum atomic E-state index is -1.23. The average Bonchev–Trinajstić information content (AvgIpc) is 2.90. The third kappa shape index (κ3) is 2.94. The Morgan fingerprint density at radius 1 is 1.33 bits per heavy atom. The van der Waals surface area contributed by atoms with Gasteiger partial charge in [0.25, 0.3) is 0 Å². The predicted molar refractivity (Wildman–Crippen MR) is 75.4 cm³/mol. The molecule has 0 saturated heterocycles. The first kappa shape index (κ1) is 15.2. The van der Waals surface area contributed by atoms with Crippen LogP contribution in [0.5, 0.6) is 11.5 Å². The Bertz CT molecular complexity index is 571. The number of amides is 1. The summed E-state index contributed by atoms with van der Waals surface area (Å²) in [7, 11) is 1.51. The van der Waals surface area contributed by atoms with Crippen LogP contribution < -0.4 is 9.47 Å². The second kappa shape index (κ2) is 5.63. The van der Waals surface area contributed by atoms with Crippen molar-refractivity contribution in [2.24, 2.45) is 0 Å². The van der Waals surface area contributed by atoms with Crippen molar-refractivity contribution >= 4 is 11.9 Å². The van der Waals surface area contributed by atoms with Gasteiger partial charge in [-0.1, -0.05) is 6.07 Å². The highest BCUT2D eigenvalue weighted by Crippen LogP contribution is 2.33. The molecule has 1 aromatic carbocycles. The van der Waals surface area contributed by atoms with Gasteiger partial charge in [-0.3, -0.25) is 4.79 Å². The first-order valence-corrected chi connectivity index (χ1v) is 6.71. The fourth-order valence-electron chi connectivity index (χ4n) is 2.25. The van der Waals surface area contributed by atoms with Crippen LogP contribution in [0, 0.1) is 0 Å². The van der Waals surface area contributed by atoms with Gasteiger partial charge in [0.2, 0.25) is 12.7 Å². The number of likely N-dealkylation sites (N-methyl/N-ethyl adjacent to an activating group) is 1. The highest BCUT2D eigenvalue weighted by atomic mass is 16.7. The van der Waals surface area contributed by atoms with Gasteiger partial charge >= 0.3 is 5.97 Å². The van der Waals surface area contributed by atoms with Gasteiger partial charge in [0.1, 0.15) is 5.54 Å². The van der Waals surface area contributed by atoms with E-state index in [0.717, 1.165) is 5.56 Å². The van der Waals surface area contributed by atoms with E-state index in [1.165, 1.54) is 18.9 Å². The van der Waals surface area contributed by atoms with E-state index in [0.29, 0.717) is 24.3 Å². The van der Waals surface area contributed by atoms with E-state index < -0.39 is 11.5 Å². The Morgan fingerprint density at radius 3 is 2.62 bits per heavy atom. The first-order chi connectivity index (χ1) is 9.84. The maximum absolute atomic E-state index is 11.5. The van der Waals surface area contributed by atoms with Crippen molar-refractivity contribution in [3.05, 3.63) is 23.8 Å². The molecule has 1 N–H and O–H groups in total. The molecule has 114 valence electrons. The SMILES string of the molecule is CC(=O)N(C)C(C)(CCc1ccc2c(c1)OCO2)C(=O)O. The number of fused-ring (bicyclic) bond motifs is 1. The minimum Gasteiger partial charge on any atom is -0.480 e. The molecule has 0 bridgehead atoms. The third-order valence-electron chi connectivity index (χ3n) is 4.01. The van der Waals surface area contributed by atoms with Crippen molar-refractivity contribution in [2.45, 2.75) is 32.2 Å². The zero-order chi connectivity index (χ0) is 15.6. The Hall–Kier alpha value is -2.24. The Balaban J connectivity index is 2.12. The number of aliphatic carboxylic acids is 1. The fraction of sp³-hybridized carbons (Fsp3) is 0.467. The Kier molecular flexibility index (Phi) is 4.06. The van der Waals surface area contributed by atoms with E-state index in [-0.39, 0.29) is 12.7 Å². The summed E-state index contributed by atoms with van der Waals surface area (Å²) in [6.07, 6.45) is 0.842. The second-order valence-electron chi connectivity index (χ2n) is 5.34. The fourth-order valence-corrected chi connectivity index (χ4v) is 2.25. The lowest BCUT2D eigenvalue weighted by molar-refractivity contribution is -0.156. The molecule has 0 aliphatic carbocycles. The molecule has 21 heavy (non-hydrogen) atoms. The smallest absolute Gasteiger partial charge is 0.329 e. The van der Waals surface area contributed by atoms with Crippen molar-refractivity contribution in [1.82, 2.24) is 4.90 Å². The topological polar surface area (TPSA) is 76.1 Å². The number of carbonyl (C=O) groups is 2. The summed E-state index contributed by atoms with van der Waals surface area (Å²) in [5, 5.41) is 9.45. The summed E-state index contributed by atoms with van der Waals surface area (Å²) in [5.41, 5.74) is -0.286. The van der Waals surface area contributed by atoms with Crippen LogP contribution in [0.3, 0.4) is 0 Å². The van der Waals surface area contributed by atoms with Gasteiger partial charge in [-0.2, -0.15) is 0 Å². The second-order valence-corrected chi connectivity index (χ2v) is 5.34. The molecule has 0 fully saturated rings. The van der Waals surface area contributed by atoms with Crippen LogP contribution in [0.15, 0.2) is 18.2 Å². The molecule has 1 heterocycles. The molecular weight excluding hydrogens is 274 g/mol. The first-order valence-electron chi connectivity index (χ1n) is 6.71. The molecule has 6 nitrogen and oxygen atoms in total. The molecule has 1 aromatic rings. The standard InChI is InChI=1S/C15H19NO5/c1-10(17)16(3)15(2,14(18)19)7-6-11-4-5-12-13(8-11)21-9-20-12/h4-5,8H,6-7,9H2,1-3H3,(H,18,19). The van der Waals surface area contributed by atoms with Gasteiger partial charge in [-0.25, -0.2) is 4.79 Å². The molecule has 1 amide bonds. The lowest BCUT2D eigenvalue weighted by atomic mass is 9.91. The molecule has 6 heteroatoms. The van der Waals surface area contributed by atoms with Crippen LogP contribution >= 0.6 is 0 Å². The van der Waals surface area contributed by atoms with Crippen LogP contribution in [0.2, 0.25) is 0 Å². The monoisotopic (exact) mass is 293 g/mol. The summed E-state index contributed by atoms with van der Waals surface area (Å²) in [5.74, 6) is 0.0802. The molecule has 0 aromatic heterocycles. The molecule has 0 saturated carbocycles. The maximum Gasteiger partial charge on any atom is 0.329 e. The number of rotatable bonds is 5. The molecule has 1 aliphatic rings. The quantitative estimate of drug-likeness (QED) is 0.893. The molecule has 1 atom stereocenters. The summed E-state index contributed by atoms with van der Waals surface area (Å²) < 4.78 is 10.5. The van der Waals surface area contributed by atoms with E-state index in [1.807, 2.05) is 18.2 Å².